The number of amides is 1. The molecule has 1 aliphatic rings. The number of aryl methyl sites for hydroxylation is 1. The molecule has 120 valence electrons. The van der Waals surface area contributed by atoms with Crippen LogP contribution in [0.5, 0.6) is 0 Å². The summed E-state index contributed by atoms with van der Waals surface area (Å²) in [7, 11) is 0. The van der Waals surface area contributed by atoms with Gasteiger partial charge in [-0.3, -0.25) is 4.79 Å². The van der Waals surface area contributed by atoms with Crippen molar-refractivity contribution in [1.29, 1.82) is 0 Å². The van der Waals surface area contributed by atoms with Crippen LogP contribution >= 0.6 is 11.6 Å². The Morgan fingerprint density at radius 1 is 1.30 bits per heavy atom. The van der Waals surface area contributed by atoms with Crippen LogP contribution in [-0.4, -0.2) is 29.2 Å². The number of halogens is 1. The molecule has 0 radical (unpaired) electrons. The van der Waals surface area contributed by atoms with Crippen LogP contribution in [0.25, 0.3) is 0 Å². The molecule has 1 fully saturated rings. The predicted octanol–water partition coefficient (Wildman–Crippen LogP) is 2.28. The molecule has 3 rings (SSSR count). The summed E-state index contributed by atoms with van der Waals surface area (Å²) >= 11 is 5.91. The number of carbonyl (C=O) groups excluding carboxylic acids is 1. The molecular weight excluding hydrogens is 312 g/mol. The van der Waals surface area contributed by atoms with Gasteiger partial charge in [-0.1, -0.05) is 23.7 Å². The highest BCUT2D eigenvalue weighted by atomic mass is 35.5. The Hall–Kier alpha value is -2.14. The molecule has 0 atom stereocenters. The molecule has 0 aliphatic carbocycles. The molecular formula is C17H19ClN4O. The largest absolute Gasteiger partial charge is 0.369 e. The molecule has 6 heteroatoms. The van der Waals surface area contributed by atoms with Gasteiger partial charge >= 0.3 is 0 Å². The van der Waals surface area contributed by atoms with Crippen LogP contribution in [0.1, 0.15) is 16.7 Å². The van der Waals surface area contributed by atoms with E-state index in [-0.39, 0.29) is 5.91 Å². The van der Waals surface area contributed by atoms with Gasteiger partial charge < -0.3 is 10.6 Å². The second-order valence-electron chi connectivity index (χ2n) is 6.28. The van der Waals surface area contributed by atoms with Gasteiger partial charge in [-0.2, -0.15) is 5.10 Å². The van der Waals surface area contributed by atoms with Gasteiger partial charge in [-0.15, -0.1) is 5.10 Å². The van der Waals surface area contributed by atoms with Gasteiger partial charge in [0.2, 0.25) is 5.91 Å². The summed E-state index contributed by atoms with van der Waals surface area (Å²) in [4.78, 5) is 14.1. The van der Waals surface area contributed by atoms with E-state index >= 15 is 0 Å². The van der Waals surface area contributed by atoms with Crippen molar-refractivity contribution >= 4 is 23.3 Å². The van der Waals surface area contributed by atoms with Gasteiger partial charge in [0.1, 0.15) is 0 Å². The lowest BCUT2D eigenvalue weighted by Crippen LogP contribution is -2.64. The van der Waals surface area contributed by atoms with E-state index in [0.29, 0.717) is 24.5 Å². The van der Waals surface area contributed by atoms with E-state index in [1.54, 1.807) is 6.20 Å². The third kappa shape index (κ3) is 2.88. The predicted molar refractivity (Wildman–Crippen MR) is 90.5 cm³/mol. The van der Waals surface area contributed by atoms with Crippen molar-refractivity contribution in [3.63, 3.8) is 0 Å². The van der Waals surface area contributed by atoms with E-state index in [2.05, 4.69) is 15.1 Å². The first kappa shape index (κ1) is 15.7. The molecule has 1 aliphatic heterocycles. The van der Waals surface area contributed by atoms with Crippen LogP contribution in [0.4, 0.5) is 5.82 Å². The molecule has 0 spiro atoms. The third-order valence-corrected chi connectivity index (χ3v) is 4.85. The lowest BCUT2D eigenvalue weighted by Gasteiger charge is -2.49. The first-order valence-electron chi connectivity index (χ1n) is 7.49. The van der Waals surface area contributed by atoms with E-state index < -0.39 is 5.41 Å². The lowest BCUT2D eigenvalue weighted by atomic mass is 9.74. The third-order valence-electron chi connectivity index (χ3n) is 4.60. The molecule has 0 saturated carbocycles. The summed E-state index contributed by atoms with van der Waals surface area (Å²) in [5.41, 5.74) is 8.36. The van der Waals surface area contributed by atoms with Crippen LogP contribution in [0.15, 0.2) is 30.5 Å². The van der Waals surface area contributed by atoms with Crippen molar-refractivity contribution in [3.8, 4) is 0 Å². The maximum Gasteiger partial charge on any atom is 0.227 e. The molecule has 2 aromatic rings. The number of nitrogens with two attached hydrogens (primary N) is 1. The number of aromatic nitrogens is 2. The Morgan fingerprint density at radius 2 is 1.96 bits per heavy atom. The minimum absolute atomic E-state index is 0.276. The Morgan fingerprint density at radius 3 is 2.57 bits per heavy atom. The van der Waals surface area contributed by atoms with Gasteiger partial charge in [0, 0.05) is 18.1 Å². The molecule has 0 bridgehead atoms. The molecule has 2 heterocycles. The number of anilines is 1. The first-order chi connectivity index (χ1) is 10.9. The SMILES string of the molecule is Cc1cnnc(N2CC(Cc3ccc(Cl)cc3)(C(N)=O)C2)c1C. The van der Waals surface area contributed by atoms with Crippen molar-refractivity contribution in [1.82, 2.24) is 10.2 Å². The van der Waals surface area contributed by atoms with E-state index in [1.165, 1.54) is 0 Å². The highest BCUT2D eigenvalue weighted by Crippen LogP contribution is 2.38. The summed E-state index contributed by atoms with van der Waals surface area (Å²) in [6.07, 6.45) is 2.35. The lowest BCUT2D eigenvalue weighted by molar-refractivity contribution is -0.129. The Kier molecular flexibility index (Phi) is 3.98. The zero-order chi connectivity index (χ0) is 16.6. The monoisotopic (exact) mass is 330 g/mol. The zero-order valence-corrected chi connectivity index (χ0v) is 14.0. The number of hydrogen-bond acceptors (Lipinski definition) is 4. The minimum atomic E-state index is -0.564. The van der Waals surface area contributed by atoms with E-state index in [9.17, 15) is 4.79 Å². The maximum absolute atomic E-state index is 12.0. The standard InChI is InChI=1S/C17H19ClN4O/c1-11-8-20-21-15(12(11)2)22-9-17(10-22,16(19)23)7-13-3-5-14(18)6-4-13/h3-6,8H,7,9-10H2,1-2H3,(H2,19,23). The average Bonchev–Trinajstić information content (AvgIpc) is 2.47. The summed E-state index contributed by atoms with van der Waals surface area (Å²) < 4.78 is 0. The van der Waals surface area contributed by atoms with E-state index in [1.807, 2.05) is 38.1 Å². The molecule has 1 aromatic heterocycles. The number of primary amides is 1. The first-order valence-corrected chi connectivity index (χ1v) is 7.87. The Bertz CT molecular complexity index is 739. The summed E-state index contributed by atoms with van der Waals surface area (Å²) in [5.74, 6) is 0.556. The molecule has 5 nitrogen and oxygen atoms in total. The maximum atomic E-state index is 12.0. The van der Waals surface area contributed by atoms with E-state index in [0.717, 1.165) is 22.5 Å². The second-order valence-corrected chi connectivity index (χ2v) is 6.72. The average molecular weight is 331 g/mol. The van der Waals surface area contributed by atoms with Crippen molar-refractivity contribution in [2.24, 2.45) is 11.1 Å². The number of carbonyl (C=O) groups is 1. The summed E-state index contributed by atoms with van der Waals surface area (Å²) in [6.45, 7) is 5.14. The number of nitrogens with zero attached hydrogens (tertiary/aromatic N) is 3. The molecule has 1 aromatic carbocycles. The highest BCUT2D eigenvalue weighted by molar-refractivity contribution is 6.30. The quantitative estimate of drug-likeness (QED) is 0.933. The molecule has 23 heavy (non-hydrogen) atoms. The fourth-order valence-electron chi connectivity index (χ4n) is 3.00. The van der Waals surface area contributed by atoms with Gasteiger partial charge in [0.15, 0.2) is 5.82 Å². The molecule has 1 amide bonds. The second kappa shape index (κ2) is 5.81. The zero-order valence-electron chi connectivity index (χ0n) is 13.2. The van der Waals surface area contributed by atoms with Crippen LogP contribution in [0, 0.1) is 19.3 Å². The van der Waals surface area contributed by atoms with Crippen LogP contribution in [0.2, 0.25) is 5.02 Å². The summed E-state index contributed by atoms with van der Waals surface area (Å²) in [5, 5.41) is 8.91. The highest BCUT2D eigenvalue weighted by Gasteiger charge is 2.49. The van der Waals surface area contributed by atoms with Crippen molar-refractivity contribution < 1.29 is 4.79 Å². The van der Waals surface area contributed by atoms with Crippen molar-refractivity contribution in [2.45, 2.75) is 20.3 Å². The minimum Gasteiger partial charge on any atom is -0.369 e. The number of benzene rings is 1. The fourth-order valence-corrected chi connectivity index (χ4v) is 3.13. The topological polar surface area (TPSA) is 72.1 Å². The van der Waals surface area contributed by atoms with Gasteiger partial charge in [0.05, 0.1) is 11.6 Å². The van der Waals surface area contributed by atoms with Crippen molar-refractivity contribution in [2.75, 3.05) is 18.0 Å². The Labute approximate surface area is 140 Å². The Balaban J connectivity index is 1.79. The van der Waals surface area contributed by atoms with Gasteiger partial charge in [-0.25, -0.2) is 0 Å². The normalized spacial score (nSPS) is 16.0. The fraction of sp³-hybridized carbons (Fsp3) is 0.353. The number of hydrogen-bond donors (Lipinski definition) is 1. The van der Waals surface area contributed by atoms with Crippen LogP contribution in [-0.2, 0) is 11.2 Å². The number of rotatable bonds is 4. The van der Waals surface area contributed by atoms with Crippen molar-refractivity contribution in [3.05, 3.63) is 52.2 Å². The van der Waals surface area contributed by atoms with Crippen LogP contribution < -0.4 is 10.6 Å². The van der Waals surface area contributed by atoms with E-state index in [4.69, 9.17) is 17.3 Å². The van der Waals surface area contributed by atoms with Gasteiger partial charge in [0.25, 0.3) is 0 Å². The molecule has 2 N–H and O–H groups in total. The van der Waals surface area contributed by atoms with Gasteiger partial charge in [-0.05, 0) is 49.1 Å². The molecule has 1 saturated heterocycles. The summed E-state index contributed by atoms with van der Waals surface area (Å²) in [6, 6.07) is 7.54. The van der Waals surface area contributed by atoms with Crippen LogP contribution in [0.3, 0.4) is 0 Å². The smallest absolute Gasteiger partial charge is 0.227 e. The molecule has 0 unspecified atom stereocenters.